The number of ether oxygens (including phenoxy) is 4. The van der Waals surface area contributed by atoms with Crippen LogP contribution in [-0.4, -0.2) is 39.6 Å². The highest BCUT2D eigenvalue weighted by Crippen LogP contribution is 2.30. The topological polar surface area (TPSA) is 36.9 Å². The van der Waals surface area contributed by atoms with Crippen LogP contribution in [0.15, 0.2) is 22.7 Å². The largest absolute Gasteiger partial charge is 0.487 e. The Hall–Kier alpha value is -0.780. The van der Waals surface area contributed by atoms with Crippen molar-refractivity contribution in [2.45, 2.75) is 0 Å². The van der Waals surface area contributed by atoms with Gasteiger partial charge in [0.2, 0.25) is 0 Å². The van der Waals surface area contributed by atoms with E-state index in [-0.39, 0.29) is 0 Å². The van der Waals surface area contributed by atoms with E-state index < -0.39 is 0 Å². The summed E-state index contributed by atoms with van der Waals surface area (Å²) in [5, 5.41) is 0. The molecule has 0 aromatic heterocycles. The van der Waals surface area contributed by atoms with Gasteiger partial charge in [0, 0.05) is 4.47 Å². The highest BCUT2D eigenvalue weighted by molar-refractivity contribution is 9.10. The lowest BCUT2D eigenvalue weighted by Crippen LogP contribution is -2.15. The molecule has 1 aromatic carbocycles. The van der Waals surface area contributed by atoms with Crippen molar-refractivity contribution < 1.29 is 18.9 Å². The average molecular weight is 303 g/mol. The summed E-state index contributed by atoms with van der Waals surface area (Å²) in [7, 11) is 0. The van der Waals surface area contributed by atoms with Gasteiger partial charge in [-0.1, -0.05) is 15.9 Å². The fourth-order valence-corrected chi connectivity index (χ4v) is 1.80. The second-order valence-corrected chi connectivity index (χ2v) is 4.43. The first kappa shape index (κ1) is 12.7. The molecule has 1 aliphatic rings. The maximum atomic E-state index is 5.62. The molecule has 0 atom stereocenters. The summed E-state index contributed by atoms with van der Waals surface area (Å²) in [6.45, 7) is 3.31. The predicted molar refractivity (Wildman–Crippen MR) is 66.8 cm³/mol. The van der Waals surface area contributed by atoms with E-state index in [1.807, 2.05) is 18.2 Å². The summed E-state index contributed by atoms with van der Waals surface area (Å²) in [5.74, 6) is 1.46. The van der Waals surface area contributed by atoms with E-state index in [0.717, 1.165) is 16.0 Å². The molecule has 2 rings (SSSR count). The van der Waals surface area contributed by atoms with Crippen molar-refractivity contribution in [2.75, 3.05) is 39.6 Å². The molecule has 0 amide bonds. The molecule has 0 bridgehead atoms. The van der Waals surface area contributed by atoms with Gasteiger partial charge in [-0.15, -0.1) is 0 Å². The summed E-state index contributed by atoms with van der Waals surface area (Å²) < 4.78 is 22.9. The number of rotatable bonds is 0. The molecule has 94 valence electrons. The first-order valence-corrected chi connectivity index (χ1v) is 6.36. The van der Waals surface area contributed by atoms with Crippen molar-refractivity contribution in [3.63, 3.8) is 0 Å². The van der Waals surface area contributed by atoms with Crippen molar-refractivity contribution in [2.24, 2.45) is 0 Å². The zero-order valence-electron chi connectivity index (χ0n) is 9.49. The van der Waals surface area contributed by atoms with Gasteiger partial charge in [-0.05, 0) is 18.2 Å². The van der Waals surface area contributed by atoms with Crippen LogP contribution in [0.1, 0.15) is 0 Å². The SMILES string of the molecule is Brc1ccc2c(c1)OCCOCCOCCO2. The number of hydrogen-bond donors (Lipinski definition) is 0. The standard InChI is InChI=1S/C12H15BrO4/c13-10-1-2-11-12(9-10)17-8-6-15-4-3-14-5-7-16-11/h1-2,9H,3-8H2. The summed E-state index contributed by atoms with van der Waals surface area (Å²) in [6.07, 6.45) is 0. The van der Waals surface area contributed by atoms with Gasteiger partial charge in [0.25, 0.3) is 0 Å². The molecule has 1 aromatic rings. The Morgan fingerprint density at radius 1 is 0.765 bits per heavy atom. The van der Waals surface area contributed by atoms with Crippen LogP contribution in [-0.2, 0) is 9.47 Å². The van der Waals surface area contributed by atoms with Crippen molar-refractivity contribution in [1.82, 2.24) is 0 Å². The molecule has 1 heterocycles. The highest BCUT2D eigenvalue weighted by atomic mass is 79.9. The van der Waals surface area contributed by atoms with Crippen LogP contribution in [0.3, 0.4) is 0 Å². The molecule has 0 aliphatic carbocycles. The van der Waals surface area contributed by atoms with Gasteiger partial charge < -0.3 is 18.9 Å². The van der Waals surface area contributed by atoms with Crippen LogP contribution in [0.4, 0.5) is 0 Å². The normalized spacial score (nSPS) is 17.9. The van der Waals surface area contributed by atoms with E-state index in [0.29, 0.717) is 39.6 Å². The minimum absolute atomic E-state index is 0.507. The van der Waals surface area contributed by atoms with Crippen LogP contribution >= 0.6 is 15.9 Å². The number of benzene rings is 1. The minimum Gasteiger partial charge on any atom is -0.487 e. The van der Waals surface area contributed by atoms with Gasteiger partial charge >= 0.3 is 0 Å². The minimum atomic E-state index is 0.507. The Labute approximate surface area is 109 Å². The second-order valence-electron chi connectivity index (χ2n) is 3.51. The summed E-state index contributed by atoms with van der Waals surface area (Å²) >= 11 is 3.41. The van der Waals surface area contributed by atoms with E-state index >= 15 is 0 Å². The van der Waals surface area contributed by atoms with Crippen LogP contribution in [0.5, 0.6) is 11.5 Å². The molecule has 17 heavy (non-hydrogen) atoms. The van der Waals surface area contributed by atoms with E-state index in [1.165, 1.54) is 0 Å². The third-order valence-electron chi connectivity index (χ3n) is 2.25. The smallest absolute Gasteiger partial charge is 0.162 e. The van der Waals surface area contributed by atoms with Crippen molar-refractivity contribution in [3.05, 3.63) is 22.7 Å². The molecule has 1 aliphatic heterocycles. The lowest BCUT2D eigenvalue weighted by Gasteiger charge is -2.15. The van der Waals surface area contributed by atoms with E-state index in [9.17, 15) is 0 Å². The van der Waals surface area contributed by atoms with Gasteiger partial charge in [0.15, 0.2) is 11.5 Å². The van der Waals surface area contributed by atoms with Crippen LogP contribution in [0, 0.1) is 0 Å². The molecule has 0 spiro atoms. The quantitative estimate of drug-likeness (QED) is 0.737. The third-order valence-corrected chi connectivity index (χ3v) is 2.74. The molecule has 0 unspecified atom stereocenters. The Balaban J connectivity index is 2.05. The van der Waals surface area contributed by atoms with Crippen molar-refractivity contribution >= 4 is 15.9 Å². The highest BCUT2D eigenvalue weighted by Gasteiger charge is 2.07. The first-order chi connectivity index (χ1) is 8.36. The maximum Gasteiger partial charge on any atom is 0.162 e. The maximum absolute atomic E-state index is 5.62. The second kappa shape index (κ2) is 6.83. The fraction of sp³-hybridized carbons (Fsp3) is 0.500. The molecule has 0 fully saturated rings. The molecule has 0 saturated heterocycles. The van der Waals surface area contributed by atoms with Crippen LogP contribution in [0.25, 0.3) is 0 Å². The fourth-order valence-electron chi connectivity index (χ4n) is 1.46. The van der Waals surface area contributed by atoms with E-state index in [2.05, 4.69) is 15.9 Å². The zero-order valence-corrected chi connectivity index (χ0v) is 11.1. The Morgan fingerprint density at radius 2 is 1.35 bits per heavy atom. The molecular weight excluding hydrogens is 288 g/mol. The van der Waals surface area contributed by atoms with Crippen molar-refractivity contribution in [3.8, 4) is 11.5 Å². The van der Waals surface area contributed by atoms with E-state index in [4.69, 9.17) is 18.9 Å². The molecule has 5 heteroatoms. The Bertz CT molecular complexity index is 356. The summed E-state index contributed by atoms with van der Waals surface area (Å²) in [5.41, 5.74) is 0. The van der Waals surface area contributed by atoms with Crippen LogP contribution < -0.4 is 9.47 Å². The van der Waals surface area contributed by atoms with Gasteiger partial charge in [-0.2, -0.15) is 0 Å². The summed E-state index contributed by atoms with van der Waals surface area (Å²) in [6, 6.07) is 5.69. The molecule has 0 radical (unpaired) electrons. The summed E-state index contributed by atoms with van der Waals surface area (Å²) in [4.78, 5) is 0. The average Bonchev–Trinajstić information content (AvgIpc) is 2.31. The van der Waals surface area contributed by atoms with Crippen molar-refractivity contribution in [1.29, 1.82) is 0 Å². The number of fused-ring (bicyclic) bond motifs is 1. The molecule has 0 saturated carbocycles. The Morgan fingerprint density at radius 3 is 2.06 bits per heavy atom. The predicted octanol–water partition coefficient (Wildman–Crippen LogP) is 2.25. The number of hydrogen-bond acceptors (Lipinski definition) is 4. The molecule has 4 nitrogen and oxygen atoms in total. The zero-order chi connectivity index (χ0) is 11.9. The van der Waals surface area contributed by atoms with Crippen LogP contribution in [0.2, 0.25) is 0 Å². The van der Waals surface area contributed by atoms with Gasteiger partial charge in [0.1, 0.15) is 13.2 Å². The first-order valence-electron chi connectivity index (χ1n) is 5.57. The van der Waals surface area contributed by atoms with Gasteiger partial charge in [-0.25, -0.2) is 0 Å². The number of halogens is 1. The molecule has 0 N–H and O–H groups in total. The molecular formula is C12H15BrO4. The van der Waals surface area contributed by atoms with Gasteiger partial charge in [0.05, 0.1) is 26.4 Å². The third kappa shape index (κ3) is 4.18. The Kier molecular flexibility index (Phi) is 5.09. The lowest BCUT2D eigenvalue weighted by atomic mass is 10.3. The monoisotopic (exact) mass is 302 g/mol. The lowest BCUT2D eigenvalue weighted by molar-refractivity contribution is 0.0223. The van der Waals surface area contributed by atoms with E-state index in [1.54, 1.807) is 0 Å². The van der Waals surface area contributed by atoms with Gasteiger partial charge in [-0.3, -0.25) is 0 Å².